The summed E-state index contributed by atoms with van der Waals surface area (Å²) in [5.74, 6) is 0. The first kappa shape index (κ1) is 25.4. The summed E-state index contributed by atoms with van der Waals surface area (Å²) in [6, 6.07) is 1.27. The van der Waals surface area contributed by atoms with Crippen LogP contribution in [0.2, 0.25) is 32.5 Å². The van der Waals surface area contributed by atoms with Gasteiger partial charge in [0, 0.05) is 0 Å². The molecule has 0 heterocycles. The molecule has 0 unspecified atom stereocenters. The van der Waals surface area contributed by atoms with Crippen molar-refractivity contribution >= 4 is 8.07 Å². The molecule has 0 fully saturated rings. The summed E-state index contributed by atoms with van der Waals surface area (Å²) < 4.78 is 1.16. The van der Waals surface area contributed by atoms with E-state index in [1.54, 1.807) is 22.3 Å². The third-order valence-corrected chi connectivity index (χ3v) is 14.7. The fourth-order valence-corrected chi connectivity index (χ4v) is 13.2. The van der Waals surface area contributed by atoms with Crippen LogP contribution < -0.4 is 24.8 Å². The molecule has 0 saturated carbocycles. The minimum atomic E-state index is -1.06. The molecule has 0 aliphatic heterocycles. The Labute approximate surface area is 180 Å². The largest absolute Gasteiger partial charge is 1.00 e. The monoisotopic (exact) mass is 562 g/mol. The van der Waals surface area contributed by atoms with Crippen molar-refractivity contribution < 1.29 is 47.7 Å². The van der Waals surface area contributed by atoms with Crippen molar-refractivity contribution in [2.75, 3.05) is 0 Å². The van der Waals surface area contributed by atoms with Gasteiger partial charge in [0.15, 0.2) is 0 Å². The Balaban J connectivity index is 0.00000288. The molecule has 2 aliphatic carbocycles. The Morgan fingerprint density at radius 3 is 1.84 bits per heavy atom. The maximum atomic E-state index is 4.47. The predicted octanol–water partition coefficient (Wildman–Crippen LogP) is 1.12. The third kappa shape index (κ3) is 6.19. The molecular weight excluding hydrogens is 530 g/mol. The van der Waals surface area contributed by atoms with Gasteiger partial charge < -0.3 is 24.8 Å². The van der Waals surface area contributed by atoms with E-state index < -0.39 is 31.0 Å². The summed E-state index contributed by atoms with van der Waals surface area (Å²) in [5, 5.41) is 0. The van der Waals surface area contributed by atoms with Gasteiger partial charge in [-0.25, -0.2) is 0 Å². The third-order valence-electron chi connectivity index (χ3n) is 5.25. The molecule has 0 nitrogen and oxygen atoms in total. The number of allylic oxidation sites excluding steroid dienone is 9. The molecule has 0 atom stereocenters. The summed E-state index contributed by atoms with van der Waals surface area (Å²) in [5.41, 5.74) is 7.92. The molecule has 0 N–H and O–H groups in total. The van der Waals surface area contributed by atoms with Gasteiger partial charge in [0.2, 0.25) is 0 Å². The van der Waals surface area contributed by atoms with E-state index in [1.807, 2.05) is 0 Å². The summed E-state index contributed by atoms with van der Waals surface area (Å²) in [6.45, 7) is 21.2. The number of halogens is 2. The van der Waals surface area contributed by atoms with Crippen LogP contribution in [-0.4, -0.2) is 8.07 Å². The Morgan fingerprint density at radius 1 is 1.00 bits per heavy atom. The van der Waals surface area contributed by atoms with Crippen LogP contribution in [0.4, 0.5) is 0 Å². The van der Waals surface area contributed by atoms with Crippen LogP contribution in [0.25, 0.3) is 0 Å². The second kappa shape index (κ2) is 9.53. The summed E-state index contributed by atoms with van der Waals surface area (Å²) >= 11 is -0.941. The quantitative estimate of drug-likeness (QED) is 0.337. The number of hydrogen-bond acceptors (Lipinski definition) is 0. The fourth-order valence-electron chi connectivity index (χ4n) is 3.84. The molecule has 0 bridgehead atoms. The van der Waals surface area contributed by atoms with Crippen molar-refractivity contribution in [3.05, 3.63) is 58.7 Å². The van der Waals surface area contributed by atoms with Crippen molar-refractivity contribution in [2.24, 2.45) is 0 Å². The number of hydrogen-bond donors (Lipinski definition) is 0. The van der Waals surface area contributed by atoms with Gasteiger partial charge in [0.25, 0.3) is 0 Å². The SMILES string of the molecule is C=C(C[C]1([Hf+2][CH]2C(C)=C(C)C(C)=C2C)C=CC=C1)C[Si](C)(C)C.[Cl-].[Cl-]. The molecule has 2 rings (SSSR count). The van der Waals surface area contributed by atoms with Gasteiger partial charge in [0.1, 0.15) is 0 Å². The van der Waals surface area contributed by atoms with Gasteiger partial charge in [-0.1, -0.05) is 0 Å². The van der Waals surface area contributed by atoms with Crippen molar-refractivity contribution in [1.82, 2.24) is 0 Å². The van der Waals surface area contributed by atoms with E-state index in [0.717, 1.165) is 3.67 Å². The van der Waals surface area contributed by atoms with Crippen LogP contribution in [0.3, 0.4) is 0 Å². The van der Waals surface area contributed by atoms with Crippen LogP contribution in [0.15, 0.2) is 58.7 Å². The second-order valence-electron chi connectivity index (χ2n) is 8.62. The zero-order chi connectivity index (χ0) is 17.4. The first-order valence-electron chi connectivity index (χ1n) is 8.71. The van der Waals surface area contributed by atoms with E-state index in [9.17, 15) is 0 Å². The van der Waals surface area contributed by atoms with Crippen molar-refractivity contribution in [3.8, 4) is 0 Å². The van der Waals surface area contributed by atoms with E-state index in [-0.39, 0.29) is 24.8 Å². The van der Waals surface area contributed by atoms with E-state index in [4.69, 9.17) is 0 Å². The van der Waals surface area contributed by atoms with Gasteiger partial charge in [-0.05, 0) is 0 Å². The molecule has 138 valence electrons. The molecule has 0 aromatic heterocycles. The van der Waals surface area contributed by atoms with Crippen LogP contribution >= 0.6 is 0 Å². The molecule has 0 saturated heterocycles. The van der Waals surface area contributed by atoms with Gasteiger partial charge in [-0.2, -0.15) is 0 Å². The Hall–Kier alpha value is 0.367. The van der Waals surface area contributed by atoms with Gasteiger partial charge in [-0.3, -0.25) is 0 Å². The smallest absolute Gasteiger partial charge is 1.00 e. The van der Waals surface area contributed by atoms with Gasteiger partial charge >= 0.3 is 156 Å². The first-order chi connectivity index (χ1) is 10.5. The predicted molar refractivity (Wildman–Crippen MR) is 103 cm³/mol. The summed E-state index contributed by atoms with van der Waals surface area (Å²) in [4.78, 5) is 0. The van der Waals surface area contributed by atoms with Crippen molar-refractivity contribution in [2.45, 2.75) is 66.6 Å². The zero-order valence-electron chi connectivity index (χ0n) is 16.8. The van der Waals surface area contributed by atoms with E-state index in [0.29, 0.717) is 3.17 Å². The minimum Gasteiger partial charge on any atom is -1.00 e. The molecule has 0 spiro atoms. The minimum absolute atomic E-state index is 0. The van der Waals surface area contributed by atoms with Crippen molar-refractivity contribution in [1.29, 1.82) is 0 Å². The molecule has 0 aromatic carbocycles. The zero-order valence-corrected chi connectivity index (χ0v) is 22.9. The normalized spacial score (nSPS) is 19.0. The van der Waals surface area contributed by atoms with Crippen LogP contribution in [0.1, 0.15) is 34.1 Å². The van der Waals surface area contributed by atoms with E-state index in [1.165, 1.54) is 18.0 Å². The number of rotatable bonds is 6. The van der Waals surface area contributed by atoms with Crippen LogP contribution in [0, 0.1) is 0 Å². The average Bonchev–Trinajstić information content (AvgIpc) is 2.93. The van der Waals surface area contributed by atoms with Crippen LogP contribution in [0.5, 0.6) is 0 Å². The Kier molecular flexibility index (Phi) is 9.67. The van der Waals surface area contributed by atoms with E-state index in [2.05, 4.69) is 78.2 Å². The standard InChI is InChI=1S/C12H19Si.C9H13.2ClH.Hf/c1-11(10-13(2,3)4)9-12-7-5-6-8-12;1-6-5-7(2)9(4)8(6)3;;;/h5-8H,1,9-10H2,2-4H3;5H,1-4H3;2*1H;/q;;;;+2/p-2. The average molecular weight is 562 g/mol. The molecule has 2 aliphatic rings. The molecule has 0 radical (unpaired) electrons. The summed E-state index contributed by atoms with van der Waals surface area (Å²) in [7, 11) is -1.06. The molecule has 25 heavy (non-hydrogen) atoms. The second-order valence-corrected chi connectivity index (χ2v) is 20.5. The van der Waals surface area contributed by atoms with Crippen LogP contribution in [-0.2, 0) is 22.9 Å². The molecule has 0 aromatic rings. The molecule has 0 amide bonds. The van der Waals surface area contributed by atoms with Crippen molar-refractivity contribution in [3.63, 3.8) is 0 Å². The first-order valence-corrected chi connectivity index (χ1v) is 16.3. The van der Waals surface area contributed by atoms with E-state index >= 15 is 0 Å². The molecular formula is C21H32Cl2HfSi. The maximum absolute atomic E-state index is 4.47. The Bertz CT molecular complexity index is 597. The molecule has 4 heteroatoms. The van der Waals surface area contributed by atoms with Gasteiger partial charge in [0.05, 0.1) is 0 Å². The van der Waals surface area contributed by atoms with Gasteiger partial charge in [-0.15, -0.1) is 0 Å². The summed E-state index contributed by atoms with van der Waals surface area (Å²) in [6.07, 6.45) is 10.8. The fraction of sp³-hybridized carbons (Fsp3) is 0.524. The maximum Gasteiger partial charge on any atom is -1.00 e. The Morgan fingerprint density at radius 2 is 1.44 bits per heavy atom. The topological polar surface area (TPSA) is 0 Å².